The van der Waals surface area contributed by atoms with Crippen molar-refractivity contribution in [3.8, 4) is 5.75 Å². The third-order valence-corrected chi connectivity index (χ3v) is 5.87. The predicted octanol–water partition coefficient (Wildman–Crippen LogP) is 4.36. The van der Waals surface area contributed by atoms with Crippen LogP contribution in [-0.4, -0.2) is 66.8 Å². The average molecular weight is 543 g/mol. The number of nitrogen functional groups attached to an aromatic ring is 1. The number of ether oxygens (including phenoxy) is 1. The van der Waals surface area contributed by atoms with Gasteiger partial charge in [-0.3, -0.25) is 4.79 Å². The van der Waals surface area contributed by atoms with E-state index < -0.39 is 12.8 Å². The van der Waals surface area contributed by atoms with Gasteiger partial charge in [-0.1, -0.05) is 12.6 Å². The number of aromatic nitrogens is 2. The van der Waals surface area contributed by atoms with Crippen molar-refractivity contribution in [3.05, 3.63) is 61.3 Å². The van der Waals surface area contributed by atoms with Crippen LogP contribution in [0.4, 0.5) is 53.4 Å². The zero-order valence-corrected chi connectivity index (χ0v) is 21.3. The summed E-state index contributed by atoms with van der Waals surface area (Å²) in [4.78, 5) is 24.4. The lowest BCUT2D eigenvalue weighted by molar-refractivity contribution is -0.153. The summed E-state index contributed by atoms with van der Waals surface area (Å²) in [7, 11) is 2.02. The molecule has 39 heavy (non-hydrogen) atoms. The zero-order valence-electron chi connectivity index (χ0n) is 21.3. The van der Waals surface area contributed by atoms with E-state index in [2.05, 4.69) is 42.3 Å². The molecule has 10 nitrogen and oxygen atoms in total. The number of carbonyl (C=O) groups excluding carboxylic acids is 1. The Morgan fingerprint density at radius 1 is 1.13 bits per heavy atom. The van der Waals surface area contributed by atoms with E-state index in [1.807, 2.05) is 13.1 Å². The first kappa shape index (κ1) is 27.5. The number of amides is 1. The molecule has 3 aromatic rings. The summed E-state index contributed by atoms with van der Waals surface area (Å²) in [6.07, 6.45) is -1.98. The van der Waals surface area contributed by atoms with Crippen molar-refractivity contribution in [1.82, 2.24) is 14.9 Å². The summed E-state index contributed by atoms with van der Waals surface area (Å²) in [5, 5.41) is 8.66. The third kappa shape index (κ3) is 7.74. The summed E-state index contributed by atoms with van der Waals surface area (Å²) in [6, 6.07) is 11.9. The van der Waals surface area contributed by atoms with Crippen molar-refractivity contribution in [2.75, 3.05) is 66.4 Å². The van der Waals surface area contributed by atoms with Crippen LogP contribution in [0.5, 0.6) is 5.75 Å². The number of piperazine rings is 1. The van der Waals surface area contributed by atoms with Crippen molar-refractivity contribution in [2.24, 2.45) is 0 Å². The SMILES string of the molecule is C=CC(=O)Nc1cccc(Nc2nc(Nc3ccc(N4CCN(C)CC4)cc3OCC(F)(F)F)ncc2N)c1. The van der Waals surface area contributed by atoms with Crippen LogP contribution in [-0.2, 0) is 4.79 Å². The number of hydrogen-bond donors (Lipinski definition) is 4. The molecule has 0 bridgehead atoms. The smallest absolute Gasteiger partial charge is 0.422 e. The second-order valence-electron chi connectivity index (χ2n) is 8.90. The first-order valence-corrected chi connectivity index (χ1v) is 12.1. The fourth-order valence-corrected chi connectivity index (χ4v) is 3.83. The average Bonchev–Trinajstić information content (AvgIpc) is 2.90. The monoisotopic (exact) mass is 542 g/mol. The largest absolute Gasteiger partial charge is 0.482 e. The molecule has 2 aromatic carbocycles. The number of carbonyl (C=O) groups is 1. The van der Waals surface area contributed by atoms with Crippen LogP contribution in [0, 0.1) is 0 Å². The number of hydrogen-bond acceptors (Lipinski definition) is 9. The molecule has 5 N–H and O–H groups in total. The summed E-state index contributed by atoms with van der Waals surface area (Å²) < 4.78 is 44.1. The number of nitrogens with one attached hydrogen (secondary N) is 3. The van der Waals surface area contributed by atoms with Gasteiger partial charge in [-0.15, -0.1) is 0 Å². The van der Waals surface area contributed by atoms with Crippen molar-refractivity contribution in [2.45, 2.75) is 6.18 Å². The number of nitrogens with zero attached hydrogens (tertiary/aromatic N) is 4. The second-order valence-corrected chi connectivity index (χ2v) is 8.90. The minimum absolute atomic E-state index is 0.0179. The molecule has 4 rings (SSSR count). The van der Waals surface area contributed by atoms with E-state index in [0.29, 0.717) is 11.4 Å². The van der Waals surface area contributed by atoms with Crippen molar-refractivity contribution >= 4 is 46.1 Å². The van der Waals surface area contributed by atoms with E-state index in [1.54, 1.807) is 36.4 Å². The van der Waals surface area contributed by atoms with Crippen LogP contribution < -0.4 is 31.3 Å². The molecule has 0 aliphatic carbocycles. The van der Waals surface area contributed by atoms with Crippen LogP contribution in [0.2, 0.25) is 0 Å². The molecule has 206 valence electrons. The molecular formula is C26H29F3N8O2. The predicted molar refractivity (Wildman–Crippen MR) is 146 cm³/mol. The van der Waals surface area contributed by atoms with E-state index in [9.17, 15) is 18.0 Å². The first-order chi connectivity index (χ1) is 18.6. The van der Waals surface area contributed by atoms with Gasteiger partial charge in [0.2, 0.25) is 11.9 Å². The van der Waals surface area contributed by atoms with Crippen LogP contribution >= 0.6 is 0 Å². The van der Waals surface area contributed by atoms with Gasteiger partial charge >= 0.3 is 6.18 Å². The normalized spacial score (nSPS) is 14.0. The number of anilines is 7. The van der Waals surface area contributed by atoms with E-state index in [0.717, 1.165) is 37.9 Å². The lowest BCUT2D eigenvalue weighted by Crippen LogP contribution is -2.44. The second kappa shape index (κ2) is 11.9. The summed E-state index contributed by atoms with van der Waals surface area (Å²) in [5.41, 5.74) is 8.43. The molecule has 1 aliphatic heterocycles. The maximum absolute atomic E-state index is 13.0. The standard InChI is InChI=1S/C26H29F3N8O2/c1-3-23(38)32-17-5-4-6-18(13-17)33-24-20(30)15-31-25(35-24)34-21-8-7-19(37-11-9-36(2)10-12-37)14-22(21)39-16-26(27,28)29/h3-8,13-15H,1,9-12,16,30H2,2H3,(H,32,38)(H2,31,33,34,35). The van der Waals surface area contributed by atoms with Crippen LogP contribution in [0.1, 0.15) is 0 Å². The minimum atomic E-state index is -4.50. The minimum Gasteiger partial charge on any atom is -0.482 e. The maximum atomic E-state index is 13.0. The Labute approximate surface area is 223 Å². The molecule has 0 radical (unpaired) electrons. The summed E-state index contributed by atoms with van der Waals surface area (Å²) in [6.45, 7) is 5.17. The number of nitrogens with two attached hydrogens (primary N) is 1. The number of benzene rings is 2. The quantitative estimate of drug-likeness (QED) is 0.292. The topological polar surface area (TPSA) is 121 Å². The van der Waals surface area contributed by atoms with Crippen LogP contribution in [0.15, 0.2) is 61.3 Å². The molecule has 1 saturated heterocycles. The lowest BCUT2D eigenvalue weighted by atomic mass is 10.2. The fourth-order valence-electron chi connectivity index (χ4n) is 3.83. The molecule has 0 spiro atoms. The number of rotatable bonds is 9. The molecule has 1 fully saturated rings. The highest BCUT2D eigenvalue weighted by Crippen LogP contribution is 2.34. The van der Waals surface area contributed by atoms with Gasteiger partial charge in [-0.2, -0.15) is 18.2 Å². The molecule has 0 saturated carbocycles. The molecule has 0 atom stereocenters. The van der Waals surface area contributed by atoms with E-state index >= 15 is 0 Å². The Morgan fingerprint density at radius 2 is 1.87 bits per heavy atom. The fraction of sp³-hybridized carbons (Fsp3) is 0.269. The van der Waals surface area contributed by atoms with Gasteiger partial charge < -0.3 is 36.2 Å². The van der Waals surface area contributed by atoms with Crippen molar-refractivity contribution in [3.63, 3.8) is 0 Å². The van der Waals surface area contributed by atoms with E-state index in [-0.39, 0.29) is 34.8 Å². The van der Waals surface area contributed by atoms with Gasteiger partial charge in [0, 0.05) is 49.3 Å². The Morgan fingerprint density at radius 3 is 2.59 bits per heavy atom. The molecular weight excluding hydrogens is 513 g/mol. The number of likely N-dealkylation sites (N-methyl/N-ethyl adjacent to an activating group) is 1. The zero-order chi connectivity index (χ0) is 28.0. The summed E-state index contributed by atoms with van der Waals surface area (Å²) in [5.74, 6) is 0.00487. The molecule has 1 amide bonds. The maximum Gasteiger partial charge on any atom is 0.422 e. The van der Waals surface area contributed by atoms with Crippen LogP contribution in [0.25, 0.3) is 0 Å². The van der Waals surface area contributed by atoms with Crippen molar-refractivity contribution < 1.29 is 22.7 Å². The highest BCUT2D eigenvalue weighted by Gasteiger charge is 2.29. The Kier molecular flexibility index (Phi) is 8.39. The molecule has 1 aromatic heterocycles. The van der Waals surface area contributed by atoms with Crippen molar-refractivity contribution in [1.29, 1.82) is 0 Å². The van der Waals surface area contributed by atoms with E-state index in [1.165, 1.54) is 6.20 Å². The first-order valence-electron chi connectivity index (χ1n) is 12.1. The molecule has 13 heteroatoms. The number of alkyl halides is 3. The van der Waals surface area contributed by atoms with Gasteiger partial charge in [0.15, 0.2) is 12.4 Å². The molecule has 2 heterocycles. The molecule has 0 unspecified atom stereocenters. The molecule has 1 aliphatic rings. The Balaban J connectivity index is 1.56. The highest BCUT2D eigenvalue weighted by atomic mass is 19.4. The Bertz CT molecular complexity index is 1330. The third-order valence-electron chi connectivity index (χ3n) is 5.87. The van der Waals surface area contributed by atoms with E-state index in [4.69, 9.17) is 10.5 Å². The Hall–Kier alpha value is -4.52. The van der Waals surface area contributed by atoms with Gasteiger partial charge in [0.1, 0.15) is 5.75 Å². The van der Waals surface area contributed by atoms with Gasteiger partial charge in [0.05, 0.1) is 17.6 Å². The van der Waals surface area contributed by atoms with Gasteiger partial charge in [-0.05, 0) is 43.5 Å². The number of halogens is 3. The highest BCUT2D eigenvalue weighted by molar-refractivity contribution is 5.99. The van der Waals surface area contributed by atoms with Gasteiger partial charge in [0.25, 0.3) is 0 Å². The lowest BCUT2D eigenvalue weighted by Gasteiger charge is -2.34. The van der Waals surface area contributed by atoms with Gasteiger partial charge in [-0.25, -0.2) is 4.98 Å². The van der Waals surface area contributed by atoms with Crippen LogP contribution in [0.3, 0.4) is 0 Å². The summed E-state index contributed by atoms with van der Waals surface area (Å²) >= 11 is 0.